The Hall–Kier alpha value is -2.84. The molecule has 0 spiro atoms. The Balaban J connectivity index is 1.72. The summed E-state index contributed by atoms with van der Waals surface area (Å²) in [5.41, 5.74) is 1.17. The van der Waals surface area contributed by atoms with Crippen molar-refractivity contribution in [3.63, 3.8) is 0 Å². The van der Waals surface area contributed by atoms with Gasteiger partial charge in [0.15, 0.2) is 5.13 Å². The monoisotopic (exact) mass is 456 g/mol. The summed E-state index contributed by atoms with van der Waals surface area (Å²) >= 11 is 4.21. The van der Waals surface area contributed by atoms with Crippen molar-refractivity contribution in [2.75, 3.05) is 10.6 Å². The normalized spacial score (nSPS) is 11.1. The molecule has 0 atom stereocenters. The summed E-state index contributed by atoms with van der Waals surface area (Å²) in [7, 11) is 0. The highest BCUT2D eigenvalue weighted by atomic mass is 79.9. The number of nitriles is 1. The predicted molar refractivity (Wildman–Crippen MR) is 97.8 cm³/mol. The number of carbonyl (C=O) groups excluding carboxylic acids is 1. The average Bonchev–Trinajstić information content (AvgIpc) is 2.96. The molecule has 2 aromatic carbocycles. The summed E-state index contributed by atoms with van der Waals surface area (Å²) in [6.45, 7) is 0. The number of carbonyl (C=O) groups is 1. The summed E-state index contributed by atoms with van der Waals surface area (Å²) in [5.74, 6) is -0.367. The molecule has 0 unspecified atom stereocenters. The number of amides is 2. The summed E-state index contributed by atoms with van der Waals surface area (Å²) in [6.07, 6.45) is -4.79. The molecule has 3 aromatic rings. The van der Waals surface area contributed by atoms with Crippen LogP contribution in [0, 0.1) is 11.3 Å². The molecule has 3 rings (SSSR count). The minimum absolute atomic E-state index is 0.198. The number of fused-ring (bicyclic) bond motifs is 1. The van der Waals surface area contributed by atoms with Crippen molar-refractivity contribution >= 4 is 54.3 Å². The zero-order chi connectivity index (χ0) is 19.6. The van der Waals surface area contributed by atoms with Crippen molar-refractivity contribution in [2.45, 2.75) is 6.36 Å². The third-order valence-electron chi connectivity index (χ3n) is 3.16. The van der Waals surface area contributed by atoms with Crippen molar-refractivity contribution in [2.24, 2.45) is 0 Å². The lowest BCUT2D eigenvalue weighted by molar-refractivity contribution is -0.274. The van der Waals surface area contributed by atoms with Crippen LogP contribution in [0.2, 0.25) is 0 Å². The molecule has 27 heavy (non-hydrogen) atoms. The van der Waals surface area contributed by atoms with Gasteiger partial charge >= 0.3 is 12.4 Å². The van der Waals surface area contributed by atoms with Gasteiger partial charge < -0.3 is 10.1 Å². The maximum absolute atomic E-state index is 12.3. The molecular formula is C16H8BrF3N4O2S. The highest BCUT2D eigenvalue weighted by Crippen LogP contribution is 2.31. The number of rotatable bonds is 3. The van der Waals surface area contributed by atoms with Crippen molar-refractivity contribution in [1.82, 2.24) is 4.98 Å². The Morgan fingerprint density at radius 1 is 1.22 bits per heavy atom. The third-order valence-corrected chi connectivity index (χ3v) is 4.78. The first-order valence-corrected chi connectivity index (χ1v) is 8.78. The molecule has 0 fully saturated rings. The van der Waals surface area contributed by atoms with E-state index in [0.717, 1.165) is 17.4 Å². The van der Waals surface area contributed by atoms with Crippen molar-refractivity contribution < 1.29 is 22.7 Å². The number of thiazole rings is 1. The van der Waals surface area contributed by atoms with E-state index in [2.05, 4.69) is 36.3 Å². The molecule has 11 heteroatoms. The van der Waals surface area contributed by atoms with Gasteiger partial charge in [-0.15, -0.1) is 13.2 Å². The van der Waals surface area contributed by atoms with Crippen molar-refractivity contribution in [1.29, 1.82) is 5.26 Å². The maximum atomic E-state index is 12.3. The van der Waals surface area contributed by atoms with E-state index >= 15 is 0 Å². The van der Waals surface area contributed by atoms with Crippen molar-refractivity contribution in [3.05, 3.63) is 46.4 Å². The number of urea groups is 1. The number of hydrogen-bond donors (Lipinski definition) is 2. The molecule has 0 aliphatic rings. The van der Waals surface area contributed by atoms with E-state index in [1.165, 1.54) is 18.2 Å². The van der Waals surface area contributed by atoms with E-state index < -0.39 is 12.4 Å². The van der Waals surface area contributed by atoms with Crippen LogP contribution in [0.4, 0.5) is 28.8 Å². The smallest absolute Gasteiger partial charge is 0.406 e. The van der Waals surface area contributed by atoms with E-state index in [1.54, 1.807) is 12.1 Å². The number of anilines is 2. The minimum Gasteiger partial charge on any atom is -0.406 e. The zero-order valence-corrected chi connectivity index (χ0v) is 15.5. The topological polar surface area (TPSA) is 87.0 Å². The van der Waals surface area contributed by atoms with E-state index in [1.807, 2.05) is 6.07 Å². The molecule has 2 N–H and O–H groups in total. The third kappa shape index (κ3) is 4.87. The van der Waals surface area contributed by atoms with Gasteiger partial charge in [-0.3, -0.25) is 5.32 Å². The highest BCUT2D eigenvalue weighted by molar-refractivity contribution is 9.10. The Morgan fingerprint density at radius 2 is 2.00 bits per heavy atom. The molecule has 6 nitrogen and oxygen atoms in total. The first kappa shape index (κ1) is 18.9. The molecule has 138 valence electrons. The first-order chi connectivity index (χ1) is 12.7. The number of benzene rings is 2. The molecule has 1 heterocycles. The lowest BCUT2D eigenvalue weighted by Gasteiger charge is -2.07. The Kier molecular flexibility index (Phi) is 5.20. The quantitative estimate of drug-likeness (QED) is 0.546. The van der Waals surface area contributed by atoms with Gasteiger partial charge in [0.1, 0.15) is 11.8 Å². The fraction of sp³-hybridized carbons (Fsp3) is 0.0625. The van der Waals surface area contributed by atoms with Crippen LogP contribution in [-0.4, -0.2) is 17.4 Å². The van der Waals surface area contributed by atoms with Gasteiger partial charge in [0.25, 0.3) is 0 Å². The fourth-order valence-corrected chi connectivity index (χ4v) is 3.33. The summed E-state index contributed by atoms with van der Waals surface area (Å²) in [4.78, 5) is 16.2. The summed E-state index contributed by atoms with van der Waals surface area (Å²) in [5, 5.41) is 14.2. The molecule has 0 saturated carbocycles. The van der Waals surface area contributed by atoms with Crippen LogP contribution < -0.4 is 15.4 Å². The summed E-state index contributed by atoms with van der Waals surface area (Å²) < 4.78 is 41.7. The molecule has 0 aliphatic heterocycles. The van der Waals surface area contributed by atoms with Crippen LogP contribution in [0.25, 0.3) is 10.2 Å². The second kappa shape index (κ2) is 7.42. The maximum Gasteiger partial charge on any atom is 0.573 e. The van der Waals surface area contributed by atoms with Gasteiger partial charge in [-0.25, -0.2) is 9.78 Å². The van der Waals surface area contributed by atoms with E-state index in [9.17, 15) is 18.0 Å². The first-order valence-electron chi connectivity index (χ1n) is 7.17. The number of hydrogen-bond acceptors (Lipinski definition) is 5. The van der Waals surface area contributed by atoms with Crippen LogP contribution in [0.15, 0.2) is 40.9 Å². The average molecular weight is 457 g/mol. The number of halogens is 4. The van der Waals surface area contributed by atoms with Crippen molar-refractivity contribution in [3.8, 4) is 11.8 Å². The fourth-order valence-electron chi connectivity index (χ4n) is 2.10. The van der Waals surface area contributed by atoms with Crippen LogP contribution in [-0.2, 0) is 0 Å². The lowest BCUT2D eigenvalue weighted by atomic mass is 10.2. The highest BCUT2D eigenvalue weighted by Gasteiger charge is 2.31. The van der Waals surface area contributed by atoms with Crippen LogP contribution in [0.1, 0.15) is 5.56 Å². The predicted octanol–water partition coefficient (Wildman–Crippen LogP) is 5.47. The Labute approximate surface area is 162 Å². The largest absolute Gasteiger partial charge is 0.573 e. The molecule has 0 radical (unpaired) electrons. The van der Waals surface area contributed by atoms with Gasteiger partial charge in [0.05, 0.1) is 15.8 Å². The second-order valence-electron chi connectivity index (χ2n) is 5.08. The number of alkyl halides is 3. The lowest BCUT2D eigenvalue weighted by Crippen LogP contribution is -2.19. The van der Waals surface area contributed by atoms with Crippen LogP contribution in [0.3, 0.4) is 0 Å². The van der Waals surface area contributed by atoms with Gasteiger partial charge in [-0.05, 0) is 46.3 Å². The number of nitrogens with zero attached hydrogens (tertiary/aromatic N) is 2. The van der Waals surface area contributed by atoms with E-state index in [0.29, 0.717) is 25.9 Å². The van der Waals surface area contributed by atoms with Gasteiger partial charge in [-0.1, -0.05) is 11.3 Å². The molecule has 1 aromatic heterocycles. The van der Waals surface area contributed by atoms with Crippen LogP contribution >= 0.6 is 27.3 Å². The number of aromatic nitrogens is 1. The number of ether oxygens (including phenoxy) is 1. The molecule has 2 amide bonds. The van der Waals surface area contributed by atoms with Gasteiger partial charge in [0, 0.05) is 16.2 Å². The molecule has 0 saturated heterocycles. The minimum atomic E-state index is -4.79. The van der Waals surface area contributed by atoms with E-state index in [4.69, 9.17) is 5.26 Å². The van der Waals surface area contributed by atoms with Crippen LogP contribution in [0.5, 0.6) is 5.75 Å². The molecule has 0 aliphatic carbocycles. The molecule has 0 bridgehead atoms. The Bertz CT molecular complexity index is 1060. The van der Waals surface area contributed by atoms with Gasteiger partial charge in [-0.2, -0.15) is 5.26 Å². The Morgan fingerprint density at radius 3 is 2.70 bits per heavy atom. The van der Waals surface area contributed by atoms with Gasteiger partial charge in [0.2, 0.25) is 0 Å². The number of nitrogens with one attached hydrogen (secondary N) is 2. The zero-order valence-electron chi connectivity index (χ0n) is 13.1. The second-order valence-corrected chi connectivity index (χ2v) is 6.97. The SMILES string of the molecule is N#Cc1cc(NC(=O)Nc2nc3ccc(OC(F)(F)F)cc3s2)ccc1Br. The summed E-state index contributed by atoms with van der Waals surface area (Å²) in [6, 6.07) is 9.78. The standard InChI is InChI=1S/C16H8BrF3N4O2S/c17-11-3-1-9(5-8(11)7-21)22-14(25)24-15-23-12-4-2-10(6-13(12)27-15)26-16(18,19)20/h1-6H,(H2,22,23,24,25). The molecular weight excluding hydrogens is 449 g/mol. The van der Waals surface area contributed by atoms with E-state index in [-0.39, 0.29) is 10.9 Å².